The van der Waals surface area contributed by atoms with E-state index in [4.69, 9.17) is 5.73 Å². The topological polar surface area (TPSA) is 69.6 Å². The fraction of sp³-hybridized carbons (Fsp3) is 0.500. The van der Waals surface area contributed by atoms with E-state index in [9.17, 15) is 0 Å². The molecule has 5 nitrogen and oxygen atoms in total. The molecule has 0 radical (unpaired) electrons. The van der Waals surface area contributed by atoms with E-state index in [0.29, 0.717) is 0 Å². The van der Waals surface area contributed by atoms with E-state index in [0.717, 1.165) is 29.4 Å². The van der Waals surface area contributed by atoms with Gasteiger partial charge in [0, 0.05) is 18.9 Å². The number of aryl methyl sites for hydroxylation is 2. The van der Waals surface area contributed by atoms with Crippen molar-refractivity contribution < 1.29 is 0 Å². The third-order valence-corrected chi connectivity index (χ3v) is 3.42. The Hall–Kier alpha value is -1.27. The molecule has 0 amide bonds. The summed E-state index contributed by atoms with van der Waals surface area (Å²) in [5.41, 5.74) is 7.18. The van der Waals surface area contributed by atoms with Crippen molar-refractivity contribution in [3.05, 3.63) is 28.8 Å². The predicted molar refractivity (Wildman–Crippen MR) is 63.2 cm³/mol. The van der Waals surface area contributed by atoms with Crippen LogP contribution in [0.2, 0.25) is 0 Å². The summed E-state index contributed by atoms with van der Waals surface area (Å²) in [4.78, 5) is 5.32. The van der Waals surface area contributed by atoms with Gasteiger partial charge in [-0.1, -0.05) is 11.4 Å². The first-order valence-electron chi connectivity index (χ1n) is 5.35. The van der Waals surface area contributed by atoms with E-state index in [1.165, 1.54) is 11.5 Å². The normalized spacial score (nSPS) is 12.9. The molecule has 0 saturated heterocycles. The summed E-state index contributed by atoms with van der Waals surface area (Å²) in [6, 6.07) is -0.218. The van der Waals surface area contributed by atoms with Crippen molar-refractivity contribution in [3.63, 3.8) is 0 Å². The molecule has 0 saturated carbocycles. The highest BCUT2D eigenvalue weighted by atomic mass is 32.1. The zero-order chi connectivity index (χ0) is 11.5. The van der Waals surface area contributed by atoms with E-state index in [1.807, 2.05) is 10.8 Å². The molecule has 0 aliphatic carbocycles. The summed E-state index contributed by atoms with van der Waals surface area (Å²) in [7, 11) is 0. The van der Waals surface area contributed by atoms with Gasteiger partial charge in [-0.3, -0.25) is 0 Å². The molecule has 2 aromatic rings. The highest BCUT2D eigenvalue weighted by Crippen LogP contribution is 2.24. The minimum atomic E-state index is -0.218. The molecule has 16 heavy (non-hydrogen) atoms. The van der Waals surface area contributed by atoms with E-state index in [-0.39, 0.29) is 6.04 Å². The highest BCUT2D eigenvalue weighted by Gasteiger charge is 2.20. The lowest BCUT2D eigenvalue weighted by atomic mass is 10.2. The van der Waals surface area contributed by atoms with E-state index in [2.05, 4.69) is 28.4 Å². The fourth-order valence-electron chi connectivity index (χ4n) is 1.68. The highest BCUT2D eigenvalue weighted by molar-refractivity contribution is 7.05. The lowest BCUT2D eigenvalue weighted by Crippen LogP contribution is -2.17. The lowest BCUT2D eigenvalue weighted by Gasteiger charge is -2.11. The van der Waals surface area contributed by atoms with Gasteiger partial charge in [-0.05, 0) is 24.9 Å². The summed E-state index contributed by atoms with van der Waals surface area (Å²) < 4.78 is 6.00. The Bertz CT molecular complexity index is 419. The molecule has 0 spiro atoms. The molecule has 2 aromatic heterocycles. The van der Waals surface area contributed by atoms with Crippen LogP contribution in [0.5, 0.6) is 0 Å². The number of aromatic nitrogens is 4. The zero-order valence-electron chi connectivity index (χ0n) is 9.42. The molecule has 0 aliphatic rings. The van der Waals surface area contributed by atoms with Gasteiger partial charge in [0.15, 0.2) is 0 Å². The largest absolute Gasteiger partial charge is 0.334 e. The quantitative estimate of drug-likeness (QED) is 0.871. The third-order valence-electron chi connectivity index (χ3n) is 2.57. The first-order valence-corrected chi connectivity index (χ1v) is 6.13. The maximum absolute atomic E-state index is 6.21. The van der Waals surface area contributed by atoms with Gasteiger partial charge >= 0.3 is 0 Å². The summed E-state index contributed by atoms with van der Waals surface area (Å²) in [6.07, 6.45) is 4.57. The molecule has 1 atom stereocenters. The maximum Gasteiger partial charge on any atom is 0.131 e. The minimum absolute atomic E-state index is 0.218. The van der Waals surface area contributed by atoms with Crippen LogP contribution < -0.4 is 5.73 Å². The van der Waals surface area contributed by atoms with Crippen LogP contribution in [0.3, 0.4) is 0 Å². The van der Waals surface area contributed by atoms with Crippen molar-refractivity contribution in [1.82, 2.24) is 19.1 Å². The molecule has 0 aliphatic heterocycles. The Morgan fingerprint density at radius 2 is 2.31 bits per heavy atom. The van der Waals surface area contributed by atoms with Crippen molar-refractivity contribution in [2.45, 2.75) is 32.9 Å². The lowest BCUT2D eigenvalue weighted by molar-refractivity contribution is 0.657. The van der Waals surface area contributed by atoms with Gasteiger partial charge in [0.25, 0.3) is 0 Å². The summed E-state index contributed by atoms with van der Waals surface area (Å²) >= 11 is 1.36. The molecule has 2 N–H and O–H groups in total. The second-order valence-corrected chi connectivity index (χ2v) is 4.27. The van der Waals surface area contributed by atoms with E-state index < -0.39 is 0 Å². The predicted octanol–water partition coefficient (Wildman–Crippen LogP) is 1.37. The van der Waals surface area contributed by atoms with Crippen molar-refractivity contribution in [1.29, 1.82) is 0 Å². The van der Waals surface area contributed by atoms with Gasteiger partial charge in [0.05, 0.1) is 10.6 Å². The number of nitrogens with two attached hydrogens (primary N) is 1. The van der Waals surface area contributed by atoms with Gasteiger partial charge in [-0.25, -0.2) is 4.98 Å². The van der Waals surface area contributed by atoms with E-state index >= 15 is 0 Å². The molecule has 0 aromatic carbocycles. The average Bonchev–Trinajstić information content (AvgIpc) is 2.96. The van der Waals surface area contributed by atoms with Crippen molar-refractivity contribution in [2.24, 2.45) is 5.73 Å². The van der Waals surface area contributed by atoms with Crippen molar-refractivity contribution in [3.8, 4) is 0 Å². The van der Waals surface area contributed by atoms with Crippen LogP contribution in [0.25, 0.3) is 0 Å². The molecule has 1 unspecified atom stereocenters. The zero-order valence-corrected chi connectivity index (χ0v) is 10.2. The van der Waals surface area contributed by atoms with Crippen LogP contribution in [-0.4, -0.2) is 19.1 Å². The SMILES string of the molecule is CCc1nnsc1C(N)c1nccn1CC. The van der Waals surface area contributed by atoms with Crippen LogP contribution in [0.1, 0.15) is 36.3 Å². The van der Waals surface area contributed by atoms with Gasteiger partial charge in [0.2, 0.25) is 0 Å². The molecule has 2 rings (SSSR count). The standard InChI is InChI=1S/C10H15N5S/c1-3-7-9(16-14-13-7)8(11)10-12-5-6-15(10)4-2/h5-6,8H,3-4,11H2,1-2H3. The molecular formula is C10H15N5S. The summed E-state index contributed by atoms with van der Waals surface area (Å²) in [6.45, 7) is 5.00. The number of imidazole rings is 1. The first kappa shape index (κ1) is 11.2. The van der Waals surface area contributed by atoms with Crippen LogP contribution >= 0.6 is 11.5 Å². The Morgan fingerprint density at radius 3 is 3.00 bits per heavy atom. The smallest absolute Gasteiger partial charge is 0.131 e. The molecule has 86 valence electrons. The van der Waals surface area contributed by atoms with Gasteiger partial charge in [0.1, 0.15) is 11.9 Å². The number of hydrogen-bond acceptors (Lipinski definition) is 5. The second kappa shape index (κ2) is 4.71. The molecule has 2 heterocycles. The van der Waals surface area contributed by atoms with Crippen LogP contribution in [0.15, 0.2) is 12.4 Å². The van der Waals surface area contributed by atoms with Crippen molar-refractivity contribution in [2.75, 3.05) is 0 Å². The fourth-order valence-corrected chi connectivity index (χ4v) is 2.42. The third kappa shape index (κ3) is 1.85. The summed E-state index contributed by atoms with van der Waals surface area (Å²) in [5.74, 6) is 0.878. The number of hydrogen-bond donors (Lipinski definition) is 1. The van der Waals surface area contributed by atoms with Gasteiger partial charge in [-0.2, -0.15) is 0 Å². The van der Waals surface area contributed by atoms with Crippen LogP contribution in [-0.2, 0) is 13.0 Å². The minimum Gasteiger partial charge on any atom is -0.334 e. The first-order chi connectivity index (χ1) is 7.77. The Labute approximate surface area is 98.5 Å². The van der Waals surface area contributed by atoms with Crippen LogP contribution in [0.4, 0.5) is 0 Å². The molecular weight excluding hydrogens is 222 g/mol. The van der Waals surface area contributed by atoms with Crippen LogP contribution in [0, 0.1) is 0 Å². The molecule has 0 fully saturated rings. The van der Waals surface area contributed by atoms with E-state index in [1.54, 1.807) is 6.20 Å². The van der Waals surface area contributed by atoms with Gasteiger partial charge in [-0.15, -0.1) is 5.10 Å². The number of rotatable bonds is 4. The van der Waals surface area contributed by atoms with Crippen molar-refractivity contribution >= 4 is 11.5 Å². The molecule has 6 heteroatoms. The second-order valence-electron chi connectivity index (χ2n) is 3.49. The molecule has 0 bridgehead atoms. The monoisotopic (exact) mass is 237 g/mol. The van der Waals surface area contributed by atoms with Gasteiger partial charge < -0.3 is 10.3 Å². The average molecular weight is 237 g/mol. The Kier molecular flexibility index (Phi) is 3.31. The Morgan fingerprint density at radius 1 is 1.50 bits per heavy atom. The maximum atomic E-state index is 6.21. The Balaban J connectivity index is 2.35. The number of nitrogens with zero attached hydrogens (tertiary/aromatic N) is 4. The summed E-state index contributed by atoms with van der Waals surface area (Å²) in [5, 5.41) is 4.07.